The number of nitrogens with two attached hydrogens (primary N) is 1. The number of nitrogens with zero attached hydrogens (tertiary/aromatic N) is 1. The highest BCUT2D eigenvalue weighted by atomic mass is 32.1. The van der Waals surface area contributed by atoms with Gasteiger partial charge in [0.15, 0.2) is 0 Å². The van der Waals surface area contributed by atoms with Gasteiger partial charge in [0.1, 0.15) is 0 Å². The van der Waals surface area contributed by atoms with Gasteiger partial charge in [-0.05, 0) is 29.0 Å². The molecule has 0 radical (unpaired) electrons. The Morgan fingerprint density at radius 3 is 3.07 bits per heavy atom. The number of fused-ring (bicyclic) bond motifs is 1. The highest BCUT2D eigenvalue weighted by Crippen LogP contribution is 2.26. The zero-order valence-electron chi connectivity index (χ0n) is 9.10. The summed E-state index contributed by atoms with van der Waals surface area (Å²) in [6, 6.07) is 4.32. The van der Waals surface area contributed by atoms with Crippen LogP contribution in [0.3, 0.4) is 0 Å². The highest BCUT2D eigenvalue weighted by Gasteiger charge is 2.13. The molecule has 2 atom stereocenters. The maximum Gasteiger partial charge on any atom is 0.0809 e. The van der Waals surface area contributed by atoms with Crippen LogP contribution < -0.4 is 5.73 Å². The summed E-state index contributed by atoms with van der Waals surface area (Å²) in [7, 11) is 0. The Morgan fingerprint density at radius 2 is 2.33 bits per heavy atom. The molecule has 2 nitrogen and oxygen atoms in total. The summed E-state index contributed by atoms with van der Waals surface area (Å²) < 4.78 is 1.23. The maximum atomic E-state index is 6.17. The number of hydrogen-bond donors (Lipinski definition) is 1. The minimum atomic E-state index is 0.106. The van der Waals surface area contributed by atoms with E-state index in [1.807, 2.05) is 12.3 Å². The summed E-state index contributed by atoms with van der Waals surface area (Å²) >= 11 is 1.72. The third-order valence-electron chi connectivity index (χ3n) is 2.97. The zero-order valence-corrected chi connectivity index (χ0v) is 9.92. The molecule has 0 saturated carbocycles. The van der Waals surface area contributed by atoms with Crippen LogP contribution in [0.4, 0.5) is 0 Å². The molecule has 2 rings (SSSR count). The van der Waals surface area contributed by atoms with E-state index in [1.54, 1.807) is 11.3 Å². The molecule has 80 valence electrons. The van der Waals surface area contributed by atoms with E-state index in [9.17, 15) is 0 Å². The van der Waals surface area contributed by atoms with E-state index in [4.69, 9.17) is 5.73 Å². The fourth-order valence-electron chi connectivity index (χ4n) is 1.63. The average Bonchev–Trinajstić information content (AvgIpc) is 2.73. The Labute approximate surface area is 94.1 Å². The third-order valence-corrected chi connectivity index (χ3v) is 3.82. The lowest BCUT2D eigenvalue weighted by atomic mass is 9.94. The lowest BCUT2D eigenvalue weighted by Gasteiger charge is -2.18. The van der Waals surface area contributed by atoms with Crippen LogP contribution in [0.25, 0.3) is 10.2 Å². The Hall–Kier alpha value is -0.930. The SMILES string of the molecule is CCC(C)C(N)c1cnc2ccsc2c1. The zero-order chi connectivity index (χ0) is 10.8. The fourth-order valence-corrected chi connectivity index (χ4v) is 2.42. The summed E-state index contributed by atoms with van der Waals surface area (Å²) in [6.45, 7) is 4.35. The number of aromatic nitrogens is 1. The van der Waals surface area contributed by atoms with Crippen molar-refractivity contribution in [2.75, 3.05) is 0 Å². The molecule has 3 heteroatoms. The van der Waals surface area contributed by atoms with Crippen LogP contribution in [0.1, 0.15) is 31.9 Å². The smallest absolute Gasteiger partial charge is 0.0809 e. The molecule has 2 N–H and O–H groups in total. The van der Waals surface area contributed by atoms with Crippen molar-refractivity contribution in [3.05, 3.63) is 29.3 Å². The first kappa shape index (κ1) is 10.6. The molecule has 0 saturated heterocycles. The van der Waals surface area contributed by atoms with Crippen LogP contribution in [0.15, 0.2) is 23.7 Å². The van der Waals surface area contributed by atoms with Crippen molar-refractivity contribution < 1.29 is 0 Å². The topological polar surface area (TPSA) is 38.9 Å². The van der Waals surface area contributed by atoms with Crippen LogP contribution >= 0.6 is 11.3 Å². The van der Waals surface area contributed by atoms with Gasteiger partial charge in [0, 0.05) is 12.2 Å². The first-order valence-electron chi connectivity index (χ1n) is 5.31. The second-order valence-corrected chi connectivity index (χ2v) is 4.93. The van der Waals surface area contributed by atoms with E-state index in [0.29, 0.717) is 5.92 Å². The fraction of sp³-hybridized carbons (Fsp3) is 0.417. The number of thiophene rings is 1. The Bertz CT molecular complexity index is 450. The number of rotatable bonds is 3. The van der Waals surface area contributed by atoms with Crippen molar-refractivity contribution in [1.82, 2.24) is 4.98 Å². The molecule has 0 amide bonds. The van der Waals surface area contributed by atoms with Gasteiger partial charge in [-0.3, -0.25) is 4.98 Å². The first-order valence-corrected chi connectivity index (χ1v) is 6.19. The van der Waals surface area contributed by atoms with Crippen molar-refractivity contribution in [2.45, 2.75) is 26.3 Å². The van der Waals surface area contributed by atoms with Crippen molar-refractivity contribution >= 4 is 21.6 Å². The predicted molar refractivity (Wildman–Crippen MR) is 66.0 cm³/mol. The standard InChI is InChI=1S/C12H16N2S/c1-3-8(2)12(13)9-6-11-10(14-7-9)4-5-15-11/h4-8,12H,3,13H2,1-2H3. The van der Waals surface area contributed by atoms with E-state index in [2.05, 4.69) is 30.3 Å². The van der Waals surface area contributed by atoms with Gasteiger partial charge in [0.05, 0.1) is 10.2 Å². The molecular formula is C12H16N2S. The summed E-state index contributed by atoms with van der Waals surface area (Å²) in [6.07, 6.45) is 3.01. The lowest BCUT2D eigenvalue weighted by Crippen LogP contribution is -2.18. The molecular weight excluding hydrogens is 204 g/mol. The number of hydrogen-bond acceptors (Lipinski definition) is 3. The number of pyridine rings is 1. The van der Waals surface area contributed by atoms with Crippen molar-refractivity contribution in [3.8, 4) is 0 Å². The largest absolute Gasteiger partial charge is 0.324 e. The molecule has 0 aliphatic heterocycles. The molecule has 0 aliphatic carbocycles. The van der Waals surface area contributed by atoms with E-state index in [-0.39, 0.29) is 6.04 Å². The average molecular weight is 220 g/mol. The van der Waals surface area contributed by atoms with Crippen LogP contribution in [0.5, 0.6) is 0 Å². The van der Waals surface area contributed by atoms with E-state index in [0.717, 1.165) is 17.5 Å². The van der Waals surface area contributed by atoms with Crippen molar-refractivity contribution in [1.29, 1.82) is 0 Å². The van der Waals surface area contributed by atoms with E-state index in [1.165, 1.54) is 4.70 Å². The van der Waals surface area contributed by atoms with Crippen LogP contribution in [-0.2, 0) is 0 Å². The predicted octanol–water partition coefficient (Wildman–Crippen LogP) is 3.34. The Kier molecular flexibility index (Phi) is 3.03. The van der Waals surface area contributed by atoms with Gasteiger partial charge in [-0.15, -0.1) is 11.3 Å². The van der Waals surface area contributed by atoms with Crippen LogP contribution in [0.2, 0.25) is 0 Å². The second kappa shape index (κ2) is 4.29. The monoisotopic (exact) mass is 220 g/mol. The molecule has 0 aliphatic rings. The van der Waals surface area contributed by atoms with Crippen LogP contribution in [-0.4, -0.2) is 4.98 Å². The quantitative estimate of drug-likeness (QED) is 0.861. The van der Waals surface area contributed by atoms with Crippen LogP contribution in [0, 0.1) is 5.92 Å². The Balaban J connectivity index is 2.35. The molecule has 0 aromatic carbocycles. The maximum absolute atomic E-state index is 6.17. The van der Waals surface area contributed by atoms with Gasteiger partial charge >= 0.3 is 0 Å². The molecule has 2 aromatic heterocycles. The summed E-state index contributed by atoms with van der Waals surface area (Å²) in [5, 5.41) is 2.07. The van der Waals surface area contributed by atoms with E-state index < -0.39 is 0 Å². The lowest BCUT2D eigenvalue weighted by molar-refractivity contribution is 0.456. The second-order valence-electron chi connectivity index (χ2n) is 3.98. The van der Waals surface area contributed by atoms with Crippen molar-refractivity contribution in [3.63, 3.8) is 0 Å². The normalized spacial score (nSPS) is 15.4. The molecule has 2 aromatic rings. The summed E-state index contributed by atoms with van der Waals surface area (Å²) in [5.41, 5.74) is 8.40. The molecule has 2 unspecified atom stereocenters. The molecule has 0 fully saturated rings. The van der Waals surface area contributed by atoms with Gasteiger partial charge in [-0.1, -0.05) is 20.3 Å². The molecule has 2 heterocycles. The highest BCUT2D eigenvalue weighted by molar-refractivity contribution is 7.17. The van der Waals surface area contributed by atoms with Gasteiger partial charge in [-0.2, -0.15) is 0 Å². The minimum absolute atomic E-state index is 0.106. The first-order chi connectivity index (χ1) is 7.22. The van der Waals surface area contributed by atoms with Gasteiger partial charge in [0.25, 0.3) is 0 Å². The minimum Gasteiger partial charge on any atom is -0.324 e. The van der Waals surface area contributed by atoms with Gasteiger partial charge < -0.3 is 5.73 Å². The van der Waals surface area contributed by atoms with Gasteiger partial charge in [0.2, 0.25) is 0 Å². The summed E-state index contributed by atoms with van der Waals surface area (Å²) in [5.74, 6) is 0.504. The third kappa shape index (κ3) is 2.03. The molecule has 0 spiro atoms. The summed E-state index contributed by atoms with van der Waals surface area (Å²) in [4.78, 5) is 4.41. The van der Waals surface area contributed by atoms with Crippen molar-refractivity contribution in [2.24, 2.45) is 11.7 Å². The Morgan fingerprint density at radius 1 is 1.53 bits per heavy atom. The van der Waals surface area contributed by atoms with Gasteiger partial charge in [-0.25, -0.2) is 0 Å². The molecule has 15 heavy (non-hydrogen) atoms. The molecule has 0 bridgehead atoms. The van der Waals surface area contributed by atoms with E-state index >= 15 is 0 Å².